The summed E-state index contributed by atoms with van der Waals surface area (Å²) in [4.78, 5) is 19.7. The average molecular weight is 341 g/mol. The first-order valence-corrected chi connectivity index (χ1v) is 8.44. The molecule has 1 aromatic carbocycles. The first-order valence-electron chi connectivity index (χ1n) is 7.56. The minimum Gasteiger partial charge on any atom is -0.497 e. The quantitative estimate of drug-likeness (QED) is 0.660. The molecule has 6 heteroatoms. The number of H-pyrrole nitrogens is 1. The maximum Gasteiger partial charge on any atom is 0.187 e. The van der Waals surface area contributed by atoms with Crippen LogP contribution in [-0.2, 0) is 0 Å². The number of aromatic amines is 1. The number of thiazole rings is 1. The number of aryl methyl sites for hydroxylation is 1. The van der Waals surface area contributed by atoms with Gasteiger partial charge in [-0.05, 0) is 50.6 Å². The zero-order valence-electron chi connectivity index (χ0n) is 14.1. The van der Waals surface area contributed by atoms with Gasteiger partial charge in [-0.3, -0.25) is 4.79 Å². The number of anilines is 2. The number of hydrogen-bond acceptors (Lipinski definition) is 5. The summed E-state index contributed by atoms with van der Waals surface area (Å²) >= 11 is 1.52. The van der Waals surface area contributed by atoms with Gasteiger partial charge < -0.3 is 15.0 Å². The molecule has 0 saturated heterocycles. The summed E-state index contributed by atoms with van der Waals surface area (Å²) < 4.78 is 5.15. The minimum absolute atomic E-state index is 0.0688. The second kappa shape index (κ2) is 6.49. The van der Waals surface area contributed by atoms with Crippen molar-refractivity contribution in [2.45, 2.75) is 20.8 Å². The van der Waals surface area contributed by atoms with Crippen molar-refractivity contribution >= 4 is 27.9 Å². The Balaban J connectivity index is 1.85. The number of aromatic nitrogens is 2. The Morgan fingerprint density at radius 1 is 1.25 bits per heavy atom. The third-order valence-electron chi connectivity index (χ3n) is 3.89. The van der Waals surface area contributed by atoms with Crippen molar-refractivity contribution in [1.29, 1.82) is 0 Å². The first-order chi connectivity index (χ1) is 11.5. The third-order valence-corrected chi connectivity index (χ3v) is 4.65. The van der Waals surface area contributed by atoms with Crippen molar-refractivity contribution in [3.8, 4) is 17.1 Å². The van der Waals surface area contributed by atoms with E-state index in [1.54, 1.807) is 14.0 Å². The van der Waals surface area contributed by atoms with Crippen LogP contribution in [0.25, 0.3) is 11.4 Å². The molecule has 2 N–H and O–H groups in total. The summed E-state index contributed by atoms with van der Waals surface area (Å²) in [6.45, 7) is 5.45. The highest BCUT2D eigenvalue weighted by Gasteiger charge is 2.17. The largest absolute Gasteiger partial charge is 0.497 e. The molecule has 0 saturated carbocycles. The molecule has 0 aliphatic heterocycles. The van der Waals surface area contributed by atoms with Crippen LogP contribution in [0.4, 0.5) is 10.8 Å². The van der Waals surface area contributed by atoms with E-state index >= 15 is 0 Å². The Morgan fingerprint density at radius 2 is 1.96 bits per heavy atom. The number of nitrogens with zero attached hydrogens (tertiary/aromatic N) is 1. The highest BCUT2D eigenvalue weighted by atomic mass is 32.1. The Morgan fingerprint density at radius 3 is 2.54 bits per heavy atom. The fraction of sp³-hybridized carbons (Fsp3) is 0.222. The lowest BCUT2D eigenvalue weighted by atomic mass is 10.1. The topological polar surface area (TPSA) is 67.0 Å². The Hall–Kier alpha value is -2.60. The summed E-state index contributed by atoms with van der Waals surface area (Å²) in [6.07, 6.45) is 0. The molecule has 0 spiro atoms. The van der Waals surface area contributed by atoms with Gasteiger partial charge in [0.05, 0.1) is 12.8 Å². The first kappa shape index (κ1) is 16.3. The van der Waals surface area contributed by atoms with Crippen LogP contribution in [0.3, 0.4) is 0 Å². The molecule has 2 aromatic heterocycles. The van der Waals surface area contributed by atoms with E-state index < -0.39 is 0 Å². The number of ether oxygens (including phenoxy) is 1. The fourth-order valence-corrected chi connectivity index (χ4v) is 3.50. The normalized spacial score (nSPS) is 10.7. The lowest BCUT2D eigenvalue weighted by Gasteiger charge is -2.04. The van der Waals surface area contributed by atoms with Gasteiger partial charge in [-0.1, -0.05) is 0 Å². The fourth-order valence-electron chi connectivity index (χ4n) is 2.78. The van der Waals surface area contributed by atoms with Crippen molar-refractivity contribution in [3.05, 3.63) is 46.5 Å². The van der Waals surface area contributed by atoms with Gasteiger partial charge in [0.15, 0.2) is 10.9 Å². The smallest absolute Gasteiger partial charge is 0.187 e. The van der Waals surface area contributed by atoms with Crippen LogP contribution in [0.15, 0.2) is 29.6 Å². The number of methoxy groups -OCH3 is 1. The molecular formula is C18H19N3O2S. The van der Waals surface area contributed by atoms with Crippen molar-refractivity contribution < 1.29 is 9.53 Å². The monoisotopic (exact) mass is 341 g/mol. The van der Waals surface area contributed by atoms with Gasteiger partial charge in [-0.25, -0.2) is 4.98 Å². The van der Waals surface area contributed by atoms with Gasteiger partial charge in [0.2, 0.25) is 0 Å². The lowest BCUT2D eigenvalue weighted by molar-refractivity contribution is 0.101. The van der Waals surface area contributed by atoms with E-state index in [0.717, 1.165) is 44.8 Å². The van der Waals surface area contributed by atoms with E-state index in [0.29, 0.717) is 0 Å². The zero-order valence-corrected chi connectivity index (χ0v) is 14.9. The molecule has 124 valence electrons. The molecule has 5 nitrogen and oxygen atoms in total. The second-order valence-electron chi connectivity index (χ2n) is 5.57. The molecule has 0 aliphatic rings. The van der Waals surface area contributed by atoms with Crippen LogP contribution in [0.5, 0.6) is 5.75 Å². The molecule has 0 atom stereocenters. The van der Waals surface area contributed by atoms with E-state index in [1.807, 2.05) is 43.5 Å². The van der Waals surface area contributed by atoms with Crippen LogP contribution in [-0.4, -0.2) is 22.9 Å². The standard InChI is InChI=1S/C18H19N3O2S/c1-10-16(12(3)22)11(2)19-17(10)15-9-24-18(21-15)20-13-5-7-14(23-4)8-6-13/h5-9,19H,1-4H3,(H,20,21). The van der Waals surface area contributed by atoms with E-state index in [-0.39, 0.29) is 5.78 Å². The SMILES string of the molecule is COc1ccc(Nc2nc(-c3[nH]c(C)c(C(C)=O)c3C)cs2)cc1. The Labute approximate surface area is 144 Å². The summed E-state index contributed by atoms with van der Waals surface area (Å²) in [5, 5.41) is 6.06. The molecule has 0 unspecified atom stereocenters. The molecule has 0 bridgehead atoms. The molecule has 2 heterocycles. The van der Waals surface area contributed by atoms with Crippen molar-refractivity contribution in [2.24, 2.45) is 0 Å². The van der Waals surface area contributed by atoms with Gasteiger partial charge >= 0.3 is 0 Å². The summed E-state index contributed by atoms with van der Waals surface area (Å²) in [5.74, 6) is 0.883. The van der Waals surface area contributed by atoms with Crippen LogP contribution in [0.2, 0.25) is 0 Å². The van der Waals surface area contributed by atoms with Gasteiger partial charge in [-0.15, -0.1) is 11.3 Å². The van der Waals surface area contributed by atoms with Gasteiger partial charge in [0.1, 0.15) is 11.4 Å². The Bertz CT molecular complexity index is 878. The highest BCUT2D eigenvalue weighted by Crippen LogP contribution is 2.31. The molecule has 0 fully saturated rings. The zero-order chi connectivity index (χ0) is 17.3. The summed E-state index contributed by atoms with van der Waals surface area (Å²) in [6, 6.07) is 7.68. The molecular weight excluding hydrogens is 322 g/mol. The van der Waals surface area contributed by atoms with Crippen LogP contribution in [0, 0.1) is 13.8 Å². The number of rotatable bonds is 5. The van der Waals surface area contributed by atoms with Crippen LogP contribution >= 0.6 is 11.3 Å². The van der Waals surface area contributed by atoms with E-state index in [4.69, 9.17) is 4.74 Å². The van der Waals surface area contributed by atoms with Crippen molar-refractivity contribution in [2.75, 3.05) is 12.4 Å². The number of hydrogen-bond donors (Lipinski definition) is 2. The molecule has 0 amide bonds. The third kappa shape index (κ3) is 3.05. The van der Waals surface area contributed by atoms with Crippen molar-refractivity contribution in [1.82, 2.24) is 9.97 Å². The molecule has 0 aliphatic carbocycles. The highest BCUT2D eigenvalue weighted by molar-refractivity contribution is 7.14. The van der Waals surface area contributed by atoms with Crippen molar-refractivity contribution in [3.63, 3.8) is 0 Å². The maximum absolute atomic E-state index is 11.8. The number of carbonyl (C=O) groups excluding carboxylic acids is 1. The number of Topliss-reactive ketones (excluding diaryl/α,β-unsaturated/α-hetero) is 1. The minimum atomic E-state index is 0.0688. The van der Waals surface area contributed by atoms with Crippen LogP contribution < -0.4 is 10.1 Å². The molecule has 3 aromatic rings. The van der Waals surface area contributed by atoms with E-state index in [9.17, 15) is 4.79 Å². The molecule has 24 heavy (non-hydrogen) atoms. The van der Waals surface area contributed by atoms with Gasteiger partial charge in [0.25, 0.3) is 0 Å². The second-order valence-corrected chi connectivity index (χ2v) is 6.43. The van der Waals surface area contributed by atoms with Gasteiger partial charge in [0, 0.05) is 22.3 Å². The number of ketones is 1. The van der Waals surface area contributed by atoms with Crippen LogP contribution in [0.1, 0.15) is 28.5 Å². The molecule has 0 radical (unpaired) electrons. The van der Waals surface area contributed by atoms with E-state index in [1.165, 1.54) is 11.3 Å². The van der Waals surface area contributed by atoms with Gasteiger partial charge in [-0.2, -0.15) is 0 Å². The maximum atomic E-state index is 11.8. The van der Waals surface area contributed by atoms with E-state index in [2.05, 4.69) is 15.3 Å². The number of nitrogens with one attached hydrogen (secondary N) is 2. The Kier molecular flexibility index (Phi) is 4.40. The molecule has 3 rings (SSSR count). The number of benzene rings is 1. The average Bonchev–Trinajstić information content (AvgIpc) is 3.12. The number of carbonyl (C=O) groups is 1. The predicted octanol–water partition coefficient (Wildman–Crippen LogP) is 4.71. The predicted molar refractivity (Wildman–Crippen MR) is 97.7 cm³/mol. The summed E-state index contributed by atoms with van der Waals surface area (Å²) in [7, 11) is 1.64. The summed E-state index contributed by atoms with van der Waals surface area (Å²) in [5.41, 5.74) is 5.26. The lowest BCUT2D eigenvalue weighted by Crippen LogP contribution is -1.95.